The van der Waals surface area contributed by atoms with Crippen LogP contribution in [0.1, 0.15) is 12.8 Å². The van der Waals surface area contributed by atoms with Gasteiger partial charge in [-0.15, -0.1) is 0 Å². The van der Waals surface area contributed by atoms with Crippen LogP contribution in [0.2, 0.25) is 0 Å². The van der Waals surface area contributed by atoms with Gasteiger partial charge in [0.1, 0.15) is 12.1 Å². The maximum Gasteiger partial charge on any atom is 0.325 e. The minimum atomic E-state index is -0.854. The summed E-state index contributed by atoms with van der Waals surface area (Å²) in [5.74, 6) is -0.660. The lowest BCUT2D eigenvalue weighted by molar-refractivity contribution is -0.134. The monoisotopic (exact) mass is 284 g/mol. The van der Waals surface area contributed by atoms with Crippen LogP contribution in [0.4, 0.5) is 4.79 Å². The molecular formula is C12H20N4O4. The predicted molar refractivity (Wildman–Crippen MR) is 70.0 cm³/mol. The van der Waals surface area contributed by atoms with Gasteiger partial charge in [-0.05, 0) is 19.4 Å². The Hall–Kier alpha value is -1.67. The van der Waals surface area contributed by atoms with Crippen molar-refractivity contribution in [1.29, 1.82) is 0 Å². The van der Waals surface area contributed by atoms with Crippen molar-refractivity contribution in [2.75, 3.05) is 39.9 Å². The molecule has 4 amide bonds. The molecule has 2 fully saturated rings. The molecule has 2 heterocycles. The second-order valence-corrected chi connectivity index (χ2v) is 5.03. The first-order chi connectivity index (χ1) is 9.59. The first-order valence-electron chi connectivity index (χ1n) is 6.69. The van der Waals surface area contributed by atoms with Crippen molar-refractivity contribution in [3.05, 3.63) is 0 Å². The van der Waals surface area contributed by atoms with Crippen LogP contribution in [0, 0.1) is 0 Å². The van der Waals surface area contributed by atoms with Crippen LogP contribution in [0.3, 0.4) is 0 Å². The van der Waals surface area contributed by atoms with Crippen molar-refractivity contribution in [3.8, 4) is 0 Å². The Bertz CT molecular complexity index is 406. The van der Waals surface area contributed by atoms with E-state index in [0.717, 1.165) is 4.90 Å². The molecule has 0 aromatic carbocycles. The SMILES string of the molecule is COCCCNC(=O)CN1C(=O)NC2(CCNC2)C1=O. The summed E-state index contributed by atoms with van der Waals surface area (Å²) in [5.41, 5.74) is -0.854. The van der Waals surface area contributed by atoms with Crippen LogP contribution in [0.25, 0.3) is 0 Å². The van der Waals surface area contributed by atoms with Gasteiger partial charge in [-0.3, -0.25) is 14.5 Å². The molecule has 0 bridgehead atoms. The normalized spacial score (nSPS) is 25.4. The third-order valence-electron chi connectivity index (χ3n) is 3.55. The molecule has 8 nitrogen and oxygen atoms in total. The van der Waals surface area contributed by atoms with Gasteiger partial charge in [0.25, 0.3) is 5.91 Å². The van der Waals surface area contributed by atoms with Gasteiger partial charge < -0.3 is 20.7 Å². The Morgan fingerprint density at radius 1 is 1.50 bits per heavy atom. The minimum Gasteiger partial charge on any atom is -0.385 e. The number of carbonyl (C=O) groups is 3. The molecule has 8 heteroatoms. The third kappa shape index (κ3) is 2.91. The highest BCUT2D eigenvalue weighted by molar-refractivity contribution is 6.09. The maximum absolute atomic E-state index is 12.3. The smallest absolute Gasteiger partial charge is 0.325 e. The zero-order chi connectivity index (χ0) is 14.6. The van der Waals surface area contributed by atoms with Gasteiger partial charge in [0.2, 0.25) is 5.91 Å². The fraction of sp³-hybridized carbons (Fsp3) is 0.750. The van der Waals surface area contributed by atoms with E-state index in [-0.39, 0.29) is 18.4 Å². The van der Waals surface area contributed by atoms with Gasteiger partial charge in [-0.2, -0.15) is 0 Å². The van der Waals surface area contributed by atoms with E-state index in [1.165, 1.54) is 0 Å². The second kappa shape index (κ2) is 6.19. The van der Waals surface area contributed by atoms with Crippen molar-refractivity contribution in [1.82, 2.24) is 20.9 Å². The Kier molecular flexibility index (Phi) is 4.56. The van der Waals surface area contributed by atoms with Crippen LogP contribution in [0.5, 0.6) is 0 Å². The molecule has 2 saturated heterocycles. The predicted octanol–water partition coefficient (Wildman–Crippen LogP) is -1.58. The molecule has 2 aliphatic heterocycles. The van der Waals surface area contributed by atoms with Gasteiger partial charge in [-0.1, -0.05) is 0 Å². The molecule has 0 aliphatic carbocycles. The fourth-order valence-corrected chi connectivity index (χ4v) is 2.44. The van der Waals surface area contributed by atoms with E-state index in [4.69, 9.17) is 4.74 Å². The van der Waals surface area contributed by atoms with Gasteiger partial charge in [0.05, 0.1) is 0 Å². The first-order valence-corrected chi connectivity index (χ1v) is 6.69. The molecule has 0 saturated carbocycles. The van der Waals surface area contributed by atoms with Crippen molar-refractivity contribution in [3.63, 3.8) is 0 Å². The van der Waals surface area contributed by atoms with E-state index in [9.17, 15) is 14.4 Å². The average molecular weight is 284 g/mol. The number of nitrogens with zero attached hydrogens (tertiary/aromatic N) is 1. The lowest BCUT2D eigenvalue weighted by Gasteiger charge is -2.19. The summed E-state index contributed by atoms with van der Waals surface area (Å²) in [5, 5.41) is 8.39. The maximum atomic E-state index is 12.3. The number of hydrogen-bond acceptors (Lipinski definition) is 5. The summed E-state index contributed by atoms with van der Waals surface area (Å²) >= 11 is 0. The van der Waals surface area contributed by atoms with Gasteiger partial charge in [0.15, 0.2) is 0 Å². The zero-order valence-corrected chi connectivity index (χ0v) is 11.5. The van der Waals surface area contributed by atoms with Crippen molar-refractivity contribution in [2.45, 2.75) is 18.4 Å². The van der Waals surface area contributed by atoms with E-state index in [0.29, 0.717) is 39.1 Å². The van der Waals surface area contributed by atoms with Crippen LogP contribution < -0.4 is 16.0 Å². The number of urea groups is 1. The highest BCUT2D eigenvalue weighted by Crippen LogP contribution is 2.23. The van der Waals surface area contributed by atoms with Crippen molar-refractivity contribution < 1.29 is 19.1 Å². The molecule has 20 heavy (non-hydrogen) atoms. The standard InChI is InChI=1S/C12H20N4O4/c1-20-6-2-4-14-9(17)7-16-10(18)12(15-11(16)19)3-5-13-8-12/h13H,2-8H2,1H3,(H,14,17)(H,15,19). The highest BCUT2D eigenvalue weighted by Gasteiger charge is 2.52. The summed E-state index contributed by atoms with van der Waals surface area (Å²) in [6.45, 7) is 1.88. The fourth-order valence-electron chi connectivity index (χ4n) is 2.44. The number of imide groups is 1. The first kappa shape index (κ1) is 14.7. The van der Waals surface area contributed by atoms with E-state index in [1.54, 1.807) is 7.11 Å². The number of amides is 4. The molecule has 0 aromatic heterocycles. The van der Waals surface area contributed by atoms with Gasteiger partial charge >= 0.3 is 6.03 Å². The molecule has 112 valence electrons. The van der Waals surface area contributed by atoms with Crippen LogP contribution in [0.15, 0.2) is 0 Å². The van der Waals surface area contributed by atoms with Crippen LogP contribution >= 0.6 is 0 Å². The minimum absolute atomic E-state index is 0.237. The molecule has 2 aliphatic rings. The van der Waals surface area contributed by atoms with Gasteiger partial charge in [0, 0.05) is 26.8 Å². The number of hydrogen-bond donors (Lipinski definition) is 3. The highest BCUT2D eigenvalue weighted by atomic mass is 16.5. The largest absolute Gasteiger partial charge is 0.385 e. The molecule has 3 N–H and O–H groups in total. The third-order valence-corrected chi connectivity index (χ3v) is 3.55. The number of nitrogens with one attached hydrogen (secondary N) is 3. The van der Waals surface area contributed by atoms with Crippen LogP contribution in [-0.4, -0.2) is 68.2 Å². The summed E-state index contributed by atoms with van der Waals surface area (Å²) in [6, 6.07) is -0.495. The molecule has 0 aromatic rings. The van der Waals surface area contributed by atoms with Crippen LogP contribution in [-0.2, 0) is 14.3 Å². The Labute approximate surface area is 117 Å². The summed E-state index contributed by atoms with van der Waals surface area (Å²) < 4.78 is 4.87. The molecular weight excluding hydrogens is 264 g/mol. The Balaban J connectivity index is 1.85. The molecule has 2 rings (SSSR count). The summed E-state index contributed by atoms with van der Waals surface area (Å²) in [6.07, 6.45) is 1.25. The quantitative estimate of drug-likeness (QED) is 0.404. The van der Waals surface area contributed by atoms with E-state index in [1.807, 2.05) is 0 Å². The zero-order valence-electron chi connectivity index (χ0n) is 11.5. The van der Waals surface area contributed by atoms with Crippen molar-refractivity contribution in [2.24, 2.45) is 0 Å². The Morgan fingerprint density at radius 3 is 2.95 bits per heavy atom. The number of rotatable bonds is 6. The lowest BCUT2D eigenvalue weighted by atomic mass is 9.99. The number of ether oxygens (including phenoxy) is 1. The van der Waals surface area contributed by atoms with E-state index < -0.39 is 11.6 Å². The summed E-state index contributed by atoms with van der Waals surface area (Å²) in [4.78, 5) is 36.8. The Morgan fingerprint density at radius 2 is 2.30 bits per heavy atom. The summed E-state index contributed by atoms with van der Waals surface area (Å²) in [7, 11) is 1.59. The van der Waals surface area contributed by atoms with E-state index >= 15 is 0 Å². The van der Waals surface area contributed by atoms with E-state index in [2.05, 4.69) is 16.0 Å². The molecule has 1 spiro atoms. The number of carbonyl (C=O) groups excluding carboxylic acids is 3. The molecule has 1 unspecified atom stereocenters. The second-order valence-electron chi connectivity index (χ2n) is 5.03. The average Bonchev–Trinajstić information content (AvgIpc) is 2.97. The topological polar surface area (TPSA) is 99.8 Å². The number of methoxy groups -OCH3 is 1. The molecule has 1 atom stereocenters. The van der Waals surface area contributed by atoms with Gasteiger partial charge in [-0.25, -0.2) is 4.79 Å². The van der Waals surface area contributed by atoms with Crippen molar-refractivity contribution >= 4 is 17.8 Å². The molecule has 0 radical (unpaired) electrons. The lowest BCUT2D eigenvalue weighted by Crippen LogP contribution is -2.49.